The highest BCUT2D eigenvalue weighted by Crippen LogP contribution is 2.24. The van der Waals surface area contributed by atoms with Gasteiger partial charge >= 0.3 is 0 Å². The van der Waals surface area contributed by atoms with Crippen LogP contribution < -0.4 is 5.73 Å². The fourth-order valence-corrected chi connectivity index (χ4v) is 0. The fourth-order valence-electron chi connectivity index (χ4n) is 0. The first-order chi connectivity index (χ1) is 15.1. The summed E-state index contributed by atoms with van der Waals surface area (Å²) in [5.74, 6) is -6.79. The molecule has 9 N–H and O–H groups in total. The van der Waals surface area contributed by atoms with Crippen LogP contribution in [-0.2, 0) is 38.4 Å². The number of rotatable bonds is 0. The third kappa shape index (κ3) is 3630. The van der Waals surface area contributed by atoms with Crippen LogP contribution in [0.4, 0.5) is 0 Å². The van der Waals surface area contributed by atoms with E-state index >= 15 is 0 Å². The van der Waals surface area contributed by atoms with Crippen molar-refractivity contribution in [2.24, 2.45) is 5.73 Å². The molecule has 0 aliphatic carbocycles. The maximum absolute atomic E-state index is 9.85. The molecule has 0 saturated carbocycles. The molecule has 0 spiro atoms. The van der Waals surface area contributed by atoms with Crippen LogP contribution in [0.1, 0.15) is 48.5 Å². The van der Waals surface area contributed by atoms with E-state index in [1.165, 1.54) is 0 Å². The van der Waals surface area contributed by atoms with Gasteiger partial charge in [-0.3, -0.25) is 38.4 Å². The van der Waals surface area contributed by atoms with E-state index in [0.29, 0.717) is 0 Å². The Morgan fingerprint density at radius 1 is 0.429 bits per heavy atom. The lowest BCUT2D eigenvalue weighted by Gasteiger charge is -2.01. The molecule has 210 valence electrons. The monoisotopic (exact) mass is 581 g/mol. The Balaban J connectivity index is -0.0000000401. The molecule has 0 aliphatic rings. The minimum absolute atomic E-state index is 0.833. The number of primary amides is 1. The van der Waals surface area contributed by atoms with Gasteiger partial charge in [0, 0.05) is 48.5 Å². The Morgan fingerprint density at radius 3 is 0.457 bits per heavy atom. The van der Waals surface area contributed by atoms with Crippen molar-refractivity contribution >= 4 is 82.5 Å². The van der Waals surface area contributed by atoms with Crippen LogP contribution in [0.2, 0.25) is 0 Å². The van der Waals surface area contributed by atoms with Gasteiger partial charge in [0.2, 0.25) is 0 Å². The molecular formula is C16H30Cl3NO15. The number of nitrogens with two attached hydrogens (primary N) is 1. The number of aliphatic carboxylic acids is 7. The fraction of sp³-hybridized carbons (Fsp3) is 0.500. The Kier molecular flexibility index (Phi) is 57.6. The molecule has 0 bridgehead atoms. The Hall–Kier alpha value is -3.37. The zero-order valence-electron chi connectivity index (χ0n) is 19.6. The summed E-state index contributed by atoms with van der Waals surface area (Å²) in [7, 11) is 0. The van der Waals surface area contributed by atoms with E-state index < -0.39 is 51.5 Å². The van der Waals surface area contributed by atoms with E-state index in [1.54, 1.807) is 0 Å². The van der Waals surface area contributed by atoms with E-state index in [-0.39, 0.29) is 0 Å². The van der Waals surface area contributed by atoms with Crippen molar-refractivity contribution in [3.05, 3.63) is 0 Å². The van der Waals surface area contributed by atoms with E-state index in [1.807, 2.05) is 0 Å². The summed E-state index contributed by atoms with van der Waals surface area (Å²) in [5, 5.41) is 51.9. The molecule has 0 fully saturated rings. The van der Waals surface area contributed by atoms with Crippen molar-refractivity contribution in [3.8, 4) is 0 Å². The second-order valence-corrected chi connectivity index (χ2v) is 6.78. The van der Waals surface area contributed by atoms with Crippen molar-refractivity contribution < 1.29 is 74.1 Å². The average molecular weight is 583 g/mol. The second-order valence-electron chi connectivity index (χ2n) is 4.50. The zero-order chi connectivity index (χ0) is 31.1. The van der Waals surface area contributed by atoms with Crippen LogP contribution in [0.15, 0.2) is 0 Å². The number of halogens is 3. The molecule has 0 rings (SSSR count). The molecule has 0 radical (unpaired) electrons. The molecule has 0 unspecified atom stereocenters. The molecule has 19 heteroatoms. The number of hydrogen-bond acceptors (Lipinski definition) is 8. The van der Waals surface area contributed by atoms with Gasteiger partial charge in [0.15, 0.2) is 0 Å². The predicted molar refractivity (Wildman–Crippen MR) is 123 cm³/mol. The lowest BCUT2D eigenvalue weighted by molar-refractivity contribution is -0.135. The van der Waals surface area contributed by atoms with Crippen molar-refractivity contribution in [2.75, 3.05) is 0 Å². The third-order valence-electron chi connectivity index (χ3n) is 0.279. The summed E-state index contributed by atoms with van der Waals surface area (Å²) in [6, 6.07) is 0. The maximum atomic E-state index is 9.85. The van der Waals surface area contributed by atoms with E-state index in [4.69, 9.17) is 104 Å². The number of alkyl halides is 3. The highest BCUT2D eigenvalue weighted by Gasteiger charge is 2.26. The molecule has 35 heavy (non-hydrogen) atoms. The van der Waals surface area contributed by atoms with Gasteiger partial charge in [-0.05, 0) is 0 Å². The SMILES string of the molecule is CC(=O)O.CC(=O)O.CC(=O)O.CC(=O)O.CC(=O)O.CC(=O)O.CC(=O)O.NC(=O)C(Cl)(Cl)Cl. The first-order valence-electron chi connectivity index (χ1n) is 7.80. The smallest absolute Gasteiger partial charge is 0.300 e. The van der Waals surface area contributed by atoms with E-state index in [9.17, 15) is 4.79 Å². The molecule has 0 heterocycles. The van der Waals surface area contributed by atoms with Gasteiger partial charge in [0.1, 0.15) is 0 Å². The van der Waals surface area contributed by atoms with Gasteiger partial charge in [0.05, 0.1) is 0 Å². The average Bonchev–Trinajstić information content (AvgIpc) is 2.41. The number of hydrogen-bond donors (Lipinski definition) is 8. The topological polar surface area (TPSA) is 304 Å². The summed E-state index contributed by atoms with van der Waals surface area (Å²) in [6.45, 7) is 7.58. The van der Waals surface area contributed by atoms with Crippen LogP contribution in [0.25, 0.3) is 0 Å². The van der Waals surface area contributed by atoms with E-state index in [2.05, 4.69) is 5.73 Å². The molecular weight excluding hydrogens is 553 g/mol. The standard InChI is InChI=1S/C2H2Cl3NO.7C2H4O2/c3-2(4,5)1(6)7;7*1-2(3)4/h(H2,6,7);7*1H3,(H,3,4). The molecule has 0 aromatic heterocycles. The van der Waals surface area contributed by atoms with Crippen molar-refractivity contribution in [1.29, 1.82) is 0 Å². The number of carboxylic acids is 7. The maximum Gasteiger partial charge on any atom is 0.300 e. The minimum Gasteiger partial charge on any atom is -0.481 e. The molecule has 16 nitrogen and oxygen atoms in total. The van der Waals surface area contributed by atoms with Crippen LogP contribution in [0, 0.1) is 0 Å². The summed E-state index contributed by atoms with van der Waals surface area (Å²) < 4.78 is -1.94. The normalized spacial score (nSPS) is 7.26. The molecule has 0 aromatic carbocycles. The van der Waals surface area contributed by atoms with Gasteiger partial charge in [0.25, 0.3) is 51.5 Å². The largest absolute Gasteiger partial charge is 0.481 e. The molecule has 0 saturated heterocycles. The Morgan fingerprint density at radius 2 is 0.457 bits per heavy atom. The summed E-state index contributed by atoms with van der Waals surface area (Å²) in [5.41, 5.74) is 4.53. The number of amides is 1. The lowest BCUT2D eigenvalue weighted by atomic mass is 10.7. The quantitative estimate of drug-likeness (QED) is 0.187. The molecule has 1 amide bonds. The zero-order valence-corrected chi connectivity index (χ0v) is 21.9. The van der Waals surface area contributed by atoms with Crippen molar-refractivity contribution in [3.63, 3.8) is 0 Å². The van der Waals surface area contributed by atoms with Gasteiger partial charge in [-0.2, -0.15) is 0 Å². The van der Waals surface area contributed by atoms with Gasteiger partial charge < -0.3 is 41.5 Å². The first-order valence-corrected chi connectivity index (χ1v) is 8.94. The predicted octanol–water partition coefficient (Wildman–Crippen LogP) is 1.48. The summed E-state index contributed by atoms with van der Waals surface area (Å²) in [4.78, 5) is 72.8. The number of carbonyl (C=O) groups is 8. The molecule has 0 atom stereocenters. The van der Waals surface area contributed by atoms with Gasteiger partial charge in [-0.15, -0.1) is 0 Å². The van der Waals surface area contributed by atoms with Crippen LogP contribution in [-0.4, -0.2) is 87.2 Å². The highest BCUT2D eigenvalue weighted by atomic mass is 35.6. The first kappa shape index (κ1) is 53.1. The molecule has 0 aromatic rings. The van der Waals surface area contributed by atoms with Crippen molar-refractivity contribution in [1.82, 2.24) is 0 Å². The third-order valence-corrected chi connectivity index (χ3v) is 0.838. The number of carboxylic acid groups (broad SMARTS) is 7. The number of carbonyl (C=O) groups excluding carboxylic acids is 1. The van der Waals surface area contributed by atoms with Crippen LogP contribution in [0.3, 0.4) is 0 Å². The second kappa shape index (κ2) is 37.9. The van der Waals surface area contributed by atoms with Gasteiger partial charge in [-0.25, -0.2) is 0 Å². The molecule has 0 aliphatic heterocycles. The van der Waals surface area contributed by atoms with E-state index in [0.717, 1.165) is 48.5 Å². The lowest BCUT2D eigenvalue weighted by Crippen LogP contribution is -2.27. The van der Waals surface area contributed by atoms with Crippen LogP contribution >= 0.6 is 34.8 Å². The minimum atomic E-state index is -1.94. The van der Waals surface area contributed by atoms with Gasteiger partial charge in [-0.1, -0.05) is 34.8 Å². The summed E-state index contributed by atoms with van der Waals surface area (Å²) in [6.07, 6.45) is 0. The van der Waals surface area contributed by atoms with Crippen LogP contribution in [0.5, 0.6) is 0 Å². The summed E-state index contributed by atoms with van der Waals surface area (Å²) >= 11 is 14.8. The highest BCUT2D eigenvalue weighted by molar-refractivity contribution is 6.76. The Labute approximate surface area is 214 Å². The van der Waals surface area contributed by atoms with Crippen molar-refractivity contribution in [2.45, 2.75) is 52.3 Å². The Bertz CT molecular complexity index is 486.